The van der Waals surface area contributed by atoms with Crippen molar-refractivity contribution in [1.82, 2.24) is 14.8 Å². The highest BCUT2D eigenvalue weighted by molar-refractivity contribution is 5.94. The fraction of sp³-hybridized carbons (Fsp3) is 0.381. The highest BCUT2D eigenvalue weighted by Gasteiger charge is 2.23. The molecule has 2 aliphatic rings. The Kier molecular flexibility index (Phi) is 5.41. The molecule has 7 heteroatoms. The molecular formula is C21H25N5O2. The van der Waals surface area contributed by atoms with Crippen LogP contribution in [0.25, 0.3) is 0 Å². The number of carbonyl (C=O) groups excluding carboxylic acids is 2. The number of pyridine rings is 1. The van der Waals surface area contributed by atoms with Gasteiger partial charge >= 0.3 is 0 Å². The molecule has 0 saturated carbocycles. The van der Waals surface area contributed by atoms with Crippen LogP contribution in [-0.2, 0) is 4.79 Å². The minimum Gasteiger partial charge on any atom is -0.368 e. The Morgan fingerprint density at radius 2 is 1.50 bits per heavy atom. The maximum absolute atomic E-state index is 12.8. The summed E-state index contributed by atoms with van der Waals surface area (Å²) in [6.07, 6.45) is 2.57. The summed E-state index contributed by atoms with van der Waals surface area (Å²) in [4.78, 5) is 36.3. The summed E-state index contributed by atoms with van der Waals surface area (Å²) in [6.45, 7) is 6.03. The standard InChI is InChI=1S/C21H25N5O2/c27-17-23-8-10-25(11-9-23)20-7-6-18(16-22-20)21(28)26-14-12-24(13-15-26)19-4-2-1-3-5-19/h1-7,16-17H,8-15H2. The average molecular weight is 379 g/mol. The predicted molar refractivity (Wildman–Crippen MR) is 109 cm³/mol. The minimum absolute atomic E-state index is 0.0394. The normalized spacial score (nSPS) is 17.6. The first kappa shape index (κ1) is 18.3. The summed E-state index contributed by atoms with van der Waals surface area (Å²) in [5.41, 5.74) is 1.83. The number of rotatable bonds is 4. The van der Waals surface area contributed by atoms with Gasteiger partial charge in [-0.2, -0.15) is 0 Å². The summed E-state index contributed by atoms with van der Waals surface area (Å²) in [7, 11) is 0. The first-order valence-electron chi connectivity index (χ1n) is 9.74. The number of anilines is 2. The first-order valence-corrected chi connectivity index (χ1v) is 9.74. The third-order valence-corrected chi connectivity index (χ3v) is 5.47. The summed E-state index contributed by atoms with van der Waals surface area (Å²) < 4.78 is 0. The minimum atomic E-state index is 0.0394. The van der Waals surface area contributed by atoms with Gasteiger partial charge in [-0.15, -0.1) is 0 Å². The second-order valence-corrected chi connectivity index (χ2v) is 7.15. The van der Waals surface area contributed by atoms with E-state index in [1.165, 1.54) is 5.69 Å². The van der Waals surface area contributed by atoms with Gasteiger partial charge in [-0.25, -0.2) is 4.98 Å². The molecule has 2 amide bonds. The molecule has 7 nitrogen and oxygen atoms in total. The molecule has 4 rings (SSSR count). The van der Waals surface area contributed by atoms with Crippen LogP contribution in [0.1, 0.15) is 10.4 Å². The molecule has 2 aromatic rings. The van der Waals surface area contributed by atoms with Crippen molar-refractivity contribution in [2.24, 2.45) is 0 Å². The van der Waals surface area contributed by atoms with Crippen LogP contribution in [0.3, 0.4) is 0 Å². The Morgan fingerprint density at radius 3 is 2.11 bits per heavy atom. The molecule has 2 fully saturated rings. The van der Waals surface area contributed by atoms with Crippen LogP contribution in [0.5, 0.6) is 0 Å². The van der Waals surface area contributed by atoms with E-state index in [9.17, 15) is 9.59 Å². The van der Waals surface area contributed by atoms with Gasteiger partial charge in [0.25, 0.3) is 5.91 Å². The topological polar surface area (TPSA) is 60.0 Å². The molecule has 0 atom stereocenters. The van der Waals surface area contributed by atoms with Crippen molar-refractivity contribution >= 4 is 23.8 Å². The van der Waals surface area contributed by atoms with Crippen molar-refractivity contribution in [2.75, 3.05) is 62.2 Å². The molecular weight excluding hydrogens is 354 g/mol. The molecule has 0 radical (unpaired) electrons. The Morgan fingerprint density at radius 1 is 0.821 bits per heavy atom. The van der Waals surface area contributed by atoms with E-state index >= 15 is 0 Å². The van der Waals surface area contributed by atoms with Gasteiger partial charge in [0.05, 0.1) is 5.56 Å². The van der Waals surface area contributed by atoms with E-state index in [1.807, 2.05) is 35.2 Å². The van der Waals surface area contributed by atoms with E-state index in [4.69, 9.17) is 0 Å². The average Bonchev–Trinajstić information content (AvgIpc) is 2.79. The SMILES string of the molecule is O=CN1CCN(c2ccc(C(=O)N3CCN(c4ccccc4)CC3)cn2)CC1. The summed E-state index contributed by atoms with van der Waals surface area (Å²) in [6, 6.07) is 14.1. The molecule has 28 heavy (non-hydrogen) atoms. The number of carbonyl (C=O) groups is 2. The lowest BCUT2D eigenvalue weighted by Gasteiger charge is -2.36. The fourth-order valence-corrected chi connectivity index (χ4v) is 3.75. The van der Waals surface area contributed by atoms with Crippen LogP contribution >= 0.6 is 0 Å². The lowest BCUT2D eigenvalue weighted by Crippen LogP contribution is -2.48. The maximum Gasteiger partial charge on any atom is 0.255 e. The number of hydrogen-bond donors (Lipinski definition) is 0. The monoisotopic (exact) mass is 379 g/mol. The highest BCUT2D eigenvalue weighted by Crippen LogP contribution is 2.18. The molecule has 1 aromatic heterocycles. The van der Waals surface area contributed by atoms with Gasteiger partial charge in [-0.3, -0.25) is 9.59 Å². The van der Waals surface area contributed by atoms with Crippen molar-refractivity contribution in [2.45, 2.75) is 0 Å². The Labute approximate surface area is 165 Å². The quantitative estimate of drug-likeness (QED) is 0.750. The van der Waals surface area contributed by atoms with Crippen LogP contribution in [0.2, 0.25) is 0 Å². The zero-order valence-corrected chi connectivity index (χ0v) is 15.9. The number of hydrogen-bond acceptors (Lipinski definition) is 5. The predicted octanol–water partition coefficient (Wildman–Crippen LogP) is 1.32. The number of benzene rings is 1. The van der Waals surface area contributed by atoms with E-state index < -0.39 is 0 Å². The maximum atomic E-state index is 12.8. The van der Waals surface area contributed by atoms with Gasteiger partial charge in [-0.1, -0.05) is 18.2 Å². The number of para-hydroxylation sites is 1. The molecule has 3 heterocycles. The number of nitrogens with zero attached hydrogens (tertiary/aromatic N) is 5. The molecule has 2 saturated heterocycles. The van der Waals surface area contributed by atoms with Crippen molar-refractivity contribution in [3.05, 3.63) is 54.2 Å². The zero-order valence-electron chi connectivity index (χ0n) is 15.9. The third kappa shape index (κ3) is 3.93. The molecule has 0 bridgehead atoms. The van der Waals surface area contributed by atoms with E-state index in [0.29, 0.717) is 31.7 Å². The van der Waals surface area contributed by atoms with Gasteiger partial charge < -0.3 is 19.6 Å². The fourth-order valence-electron chi connectivity index (χ4n) is 3.75. The second kappa shape index (κ2) is 8.29. The van der Waals surface area contributed by atoms with Gasteiger partial charge in [-0.05, 0) is 24.3 Å². The Balaban J connectivity index is 1.33. The highest BCUT2D eigenvalue weighted by atomic mass is 16.2. The van der Waals surface area contributed by atoms with Gasteiger partial charge in [0.2, 0.25) is 6.41 Å². The van der Waals surface area contributed by atoms with Crippen LogP contribution in [0.4, 0.5) is 11.5 Å². The van der Waals surface area contributed by atoms with E-state index in [-0.39, 0.29) is 5.91 Å². The van der Waals surface area contributed by atoms with Gasteiger partial charge in [0, 0.05) is 64.2 Å². The molecule has 1 aromatic carbocycles. The zero-order chi connectivity index (χ0) is 19.3. The molecule has 146 valence electrons. The lowest BCUT2D eigenvalue weighted by molar-refractivity contribution is -0.118. The third-order valence-electron chi connectivity index (χ3n) is 5.47. The van der Waals surface area contributed by atoms with Crippen molar-refractivity contribution in [3.8, 4) is 0 Å². The van der Waals surface area contributed by atoms with Crippen molar-refractivity contribution in [1.29, 1.82) is 0 Å². The van der Waals surface area contributed by atoms with E-state index in [2.05, 4.69) is 26.9 Å². The smallest absolute Gasteiger partial charge is 0.255 e. The van der Waals surface area contributed by atoms with Crippen LogP contribution in [0.15, 0.2) is 48.7 Å². The van der Waals surface area contributed by atoms with Crippen LogP contribution in [0, 0.1) is 0 Å². The number of aromatic nitrogens is 1. The van der Waals surface area contributed by atoms with Crippen molar-refractivity contribution in [3.63, 3.8) is 0 Å². The molecule has 0 unspecified atom stereocenters. The summed E-state index contributed by atoms with van der Waals surface area (Å²) in [5, 5.41) is 0. The molecule has 0 aliphatic carbocycles. The number of amides is 2. The molecule has 2 aliphatic heterocycles. The van der Waals surface area contributed by atoms with E-state index in [1.54, 1.807) is 11.1 Å². The Hall–Kier alpha value is -3.09. The summed E-state index contributed by atoms with van der Waals surface area (Å²) in [5.74, 6) is 0.897. The molecule has 0 N–H and O–H groups in total. The van der Waals surface area contributed by atoms with Crippen molar-refractivity contribution < 1.29 is 9.59 Å². The van der Waals surface area contributed by atoms with E-state index in [0.717, 1.165) is 38.4 Å². The largest absolute Gasteiger partial charge is 0.368 e. The second-order valence-electron chi connectivity index (χ2n) is 7.15. The summed E-state index contributed by atoms with van der Waals surface area (Å²) >= 11 is 0. The number of piperazine rings is 2. The lowest BCUT2D eigenvalue weighted by atomic mass is 10.2. The van der Waals surface area contributed by atoms with Crippen LogP contribution in [-0.4, -0.2) is 79.5 Å². The first-order chi connectivity index (χ1) is 13.7. The van der Waals surface area contributed by atoms with Crippen LogP contribution < -0.4 is 9.80 Å². The van der Waals surface area contributed by atoms with Gasteiger partial charge in [0.15, 0.2) is 0 Å². The van der Waals surface area contributed by atoms with Gasteiger partial charge in [0.1, 0.15) is 5.82 Å². The molecule has 0 spiro atoms. The Bertz CT molecular complexity index is 795.